The molecule has 1 aliphatic heterocycles. The molecule has 180 valence electrons. The largest absolute Gasteiger partial charge is 0.481 e. The molecule has 1 aliphatic carbocycles. The number of fused-ring (bicyclic) bond motifs is 2. The maximum absolute atomic E-state index is 10.8. The summed E-state index contributed by atoms with van der Waals surface area (Å²) in [5.41, 5.74) is 2.49. The molecule has 0 unspecified atom stereocenters. The summed E-state index contributed by atoms with van der Waals surface area (Å²) in [5.74, 6) is 6.79. The molecule has 1 saturated carbocycles. The van der Waals surface area contributed by atoms with Gasteiger partial charge in [-0.1, -0.05) is 54.3 Å². The minimum atomic E-state index is -0.752. The second-order valence-electron chi connectivity index (χ2n) is 9.41. The van der Waals surface area contributed by atoms with Crippen molar-refractivity contribution in [2.24, 2.45) is 17.3 Å². The number of ether oxygens (including phenoxy) is 2. The van der Waals surface area contributed by atoms with Gasteiger partial charge in [0, 0.05) is 17.9 Å². The number of rotatable bonds is 10. The van der Waals surface area contributed by atoms with Crippen molar-refractivity contribution in [2.45, 2.75) is 44.8 Å². The van der Waals surface area contributed by atoms with Gasteiger partial charge in [0.05, 0.1) is 43.0 Å². The van der Waals surface area contributed by atoms with Crippen molar-refractivity contribution in [3.8, 4) is 17.9 Å². The van der Waals surface area contributed by atoms with E-state index in [0.717, 1.165) is 30.4 Å². The van der Waals surface area contributed by atoms with Crippen LogP contribution in [0.3, 0.4) is 0 Å². The summed E-state index contributed by atoms with van der Waals surface area (Å²) >= 11 is 0. The molecule has 1 heterocycles. The lowest BCUT2D eigenvalue weighted by molar-refractivity contribution is -0.137. The molecule has 2 aromatic carbocycles. The monoisotopic (exact) mass is 469 g/mol. The van der Waals surface area contributed by atoms with Crippen LogP contribution in [-0.4, -0.2) is 30.4 Å². The highest BCUT2D eigenvalue weighted by molar-refractivity contribution is 5.66. The standard InChI is InChI=1S/C30H31NO4/c31-19-24-12-14-25(15-13-24)20-34-21-26-27(10-6-1-2-7-11-29(32)33)30(18-28(26)35-22-30)17-16-23-8-4-3-5-9-23/h1,3-6,8-9,12-15,26-28H,2,7,10-11,18,20-22H2,(H,32,33)/b6-1-/t26-,27-,28-,30-/m0/s1. The summed E-state index contributed by atoms with van der Waals surface area (Å²) in [7, 11) is 0. The van der Waals surface area contributed by atoms with Gasteiger partial charge in [-0.2, -0.15) is 5.26 Å². The van der Waals surface area contributed by atoms with Gasteiger partial charge in [-0.15, -0.1) is 0 Å². The number of carboxylic acid groups (broad SMARTS) is 1. The summed E-state index contributed by atoms with van der Waals surface area (Å²) in [4.78, 5) is 10.8. The molecule has 4 atom stereocenters. The van der Waals surface area contributed by atoms with Crippen molar-refractivity contribution in [1.29, 1.82) is 5.26 Å². The number of aliphatic carboxylic acids is 1. The van der Waals surface area contributed by atoms with Gasteiger partial charge in [-0.25, -0.2) is 0 Å². The Morgan fingerprint density at radius 2 is 1.94 bits per heavy atom. The number of nitrogens with zero attached hydrogens (tertiary/aromatic N) is 1. The average molecular weight is 470 g/mol. The zero-order chi connectivity index (χ0) is 24.5. The van der Waals surface area contributed by atoms with E-state index in [-0.39, 0.29) is 23.9 Å². The average Bonchev–Trinajstić information content (AvgIpc) is 3.43. The normalized spacial score (nSPS) is 24.7. The Kier molecular flexibility index (Phi) is 8.37. The van der Waals surface area contributed by atoms with Crippen LogP contribution in [0.1, 0.15) is 48.8 Å². The molecule has 1 N–H and O–H groups in total. The fourth-order valence-corrected chi connectivity index (χ4v) is 5.18. The Balaban J connectivity index is 1.44. The molecule has 0 amide bonds. The van der Waals surface area contributed by atoms with Crippen molar-refractivity contribution in [3.05, 3.63) is 83.4 Å². The van der Waals surface area contributed by atoms with Crippen LogP contribution in [0, 0.1) is 40.4 Å². The molecule has 2 aliphatic rings. The van der Waals surface area contributed by atoms with Gasteiger partial charge in [0.1, 0.15) is 0 Å². The number of carbonyl (C=O) groups is 1. The van der Waals surface area contributed by atoms with Crippen LogP contribution < -0.4 is 0 Å². The summed E-state index contributed by atoms with van der Waals surface area (Å²) in [6.07, 6.45) is 7.82. The van der Waals surface area contributed by atoms with E-state index in [1.807, 2.05) is 54.6 Å². The molecule has 2 fully saturated rings. The zero-order valence-electron chi connectivity index (χ0n) is 19.9. The van der Waals surface area contributed by atoms with E-state index in [9.17, 15) is 4.79 Å². The summed E-state index contributed by atoms with van der Waals surface area (Å²) < 4.78 is 12.3. The fourth-order valence-electron chi connectivity index (χ4n) is 5.18. The molecule has 1 saturated heterocycles. The molecule has 2 bridgehead atoms. The maximum atomic E-state index is 10.8. The third-order valence-corrected chi connectivity index (χ3v) is 7.03. The van der Waals surface area contributed by atoms with Crippen molar-refractivity contribution < 1.29 is 19.4 Å². The highest BCUT2D eigenvalue weighted by atomic mass is 16.5. The number of carboxylic acids is 1. The van der Waals surface area contributed by atoms with E-state index in [2.05, 4.69) is 30.1 Å². The predicted molar refractivity (Wildman–Crippen MR) is 133 cm³/mol. The van der Waals surface area contributed by atoms with E-state index >= 15 is 0 Å². The Bertz CT molecular complexity index is 1120. The second-order valence-corrected chi connectivity index (χ2v) is 9.41. The quantitative estimate of drug-likeness (QED) is 0.288. The zero-order valence-corrected chi connectivity index (χ0v) is 19.9. The third-order valence-electron chi connectivity index (χ3n) is 7.03. The summed E-state index contributed by atoms with van der Waals surface area (Å²) in [6, 6.07) is 19.7. The highest BCUT2D eigenvalue weighted by Gasteiger charge is 2.57. The first kappa shape index (κ1) is 24.7. The Labute approximate surface area is 207 Å². The van der Waals surface area contributed by atoms with Gasteiger partial charge in [0.2, 0.25) is 0 Å². The number of nitriles is 1. The topological polar surface area (TPSA) is 79.5 Å². The van der Waals surface area contributed by atoms with Crippen LogP contribution in [0.4, 0.5) is 0 Å². The molecule has 35 heavy (non-hydrogen) atoms. The first-order chi connectivity index (χ1) is 17.1. The number of unbranched alkanes of at least 4 members (excludes halogenated alkanes) is 1. The number of allylic oxidation sites excluding steroid dienone is 2. The Morgan fingerprint density at radius 3 is 2.69 bits per heavy atom. The molecular weight excluding hydrogens is 438 g/mol. The highest BCUT2D eigenvalue weighted by Crippen LogP contribution is 2.55. The lowest BCUT2D eigenvalue weighted by Gasteiger charge is -2.35. The first-order valence-corrected chi connectivity index (χ1v) is 12.2. The lowest BCUT2D eigenvalue weighted by atomic mass is 9.74. The van der Waals surface area contributed by atoms with E-state index in [0.29, 0.717) is 37.7 Å². The minimum Gasteiger partial charge on any atom is -0.481 e. The maximum Gasteiger partial charge on any atom is 0.303 e. The van der Waals surface area contributed by atoms with Crippen LogP contribution in [0.2, 0.25) is 0 Å². The molecule has 4 rings (SSSR count). The van der Waals surface area contributed by atoms with Gasteiger partial charge in [-0.05, 0) is 61.4 Å². The fraction of sp³-hybridized carbons (Fsp3) is 0.400. The lowest BCUT2D eigenvalue weighted by Crippen LogP contribution is -2.37. The van der Waals surface area contributed by atoms with Crippen molar-refractivity contribution >= 4 is 5.97 Å². The molecular formula is C30H31NO4. The first-order valence-electron chi connectivity index (χ1n) is 12.2. The van der Waals surface area contributed by atoms with Gasteiger partial charge in [0.15, 0.2) is 0 Å². The van der Waals surface area contributed by atoms with E-state index in [1.54, 1.807) is 0 Å². The molecule has 5 nitrogen and oxygen atoms in total. The van der Waals surface area contributed by atoms with E-state index in [4.69, 9.17) is 19.8 Å². The second kappa shape index (κ2) is 11.8. The van der Waals surface area contributed by atoms with Crippen molar-refractivity contribution in [2.75, 3.05) is 13.2 Å². The van der Waals surface area contributed by atoms with E-state index < -0.39 is 5.97 Å². The molecule has 0 radical (unpaired) electrons. The van der Waals surface area contributed by atoms with Crippen LogP contribution in [0.25, 0.3) is 0 Å². The number of benzene rings is 2. The SMILES string of the molecule is N#Cc1ccc(COC[C@@H]2[C@@H]3C[C@@](C#Cc4ccccc4)(CO3)[C@H]2C/C=C\CCCC(=O)O)cc1. The van der Waals surface area contributed by atoms with Crippen LogP contribution in [0.15, 0.2) is 66.7 Å². The molecule has 0 spiro atoms. The van der Waals surface area contributed by atoms with E-state index in [1.165, 1.54) is 0 Å². The van der Waals surface area contributed by atoms with Crippen LogP contribution in [-0.2, 0) is 20.9 Å². The molecule has 5 heteroatoms. The molecule has 0 aromatic heterocycles. The minimum absolute atomic E-state index is 0.131. The number of hydrogen-bond acceptors (Lipinski definition) is 4. The summed E-state index contributed by atoms with van der Waals surface area (Å²) in [6.45, 7) is 1.73. The predicted octanol–water partition coefficient (Wildman–Crippen LogP) is 5.35. The van der Waals surface area contributed by atoms with Gasteiger partial charge < -0.3 is 14.6 Å². The smallest absolute Gasteiger partial charge is 0.303 e. The third kappa shape index (κ3) is 6.40. The number of hydrogen-bond donors (Lipinski definition) is 1. The Morgan fingerprint density at radius 1 is 1.14 bits per heavy atom. The summed E-state index contributed by atoms with van der Waals surface area (Å²) in [5, 5.41) is 17.8. The van der Waals surface area contributed by atoms with Gasteiger partial charge in [0.25, 0.3) is 0 Å². The van der Waals surface area contributed by atoms with Crippen molar-refractivity contribution in [3.63, 3.8) is 0 Å². The van der Waals surface area contributed by atoms with Gasteiger partial charge in [-0.3, -0.25) is 4.79 Å². The Hall–Kier alpha value is -3.38. The molecule has 2 aromatic rings. The van der Waals surface area contributed by atoms with Crippen LogP contribution in [0.5, 0.6) is 0 Å². The van der Waals surface area contributed by atoms with Gasteiger partial charge >= 0.3 is 5.97 Å². The van der Waals surface area contributed by atoms with Crippen molar-refractivity contribution in [1.82, 2.24) is 0 Å². The van der Waals surface area contributed by atoms with Crippen LogP contribution >= 0.6 is 0 Å².